The fourth-order valence-corrected chi connectivity index (χ4v) is 3.34. The smallest absolute Gasteiger partial charge is 0.410 e. The SMILES string of the molecule is Cc1cc(C)c(CC(=O)Oc2ccc(C(O)CN(C)C(=O)OC(C)(C)C)cc2)c(C)c1. The molecule has 0 aliphatic heterocycles. The van der Waals surface area contributed by atoms with Gasteiger partial charge in [0.2, 0.25) is 0 Å². The summed E-state index contributed by atoms with van der Waals surface area (Å²) in [5.74, 6) is 0.0666. The van der Waals surface area contributed by atoms with Crippen molar-refractivity contribution in [3.8, 4) is 5.75 Å². The molecule has 0 saturated carbocycles. The normalized spacial score (nSPS) is 12.3. The zero-order chi connectivity index (χ0) is 23.3. The molecule has 0 aliphatic carbocycles. The minimum atomic E-state index is -0.889. The van der Waals surface area contributed by atoms with E-state index >= 15 is 0 Å². The number of hydrogen-bond donors (Lipinski definition) is 1. The molecule has 6 heteroatoms. The third kappa shape index (κ3) is 7.40. The van der Waals surface area contributed by atoms with Crippen molar-refractivity contribution >= 4 is 12.1 Å². The van der Waals surface area contributed by atoms with Gasteiger partial charge in [-0.15, -0.1) is 0 Å². The van der Waals surface area contributed by atoms with Gasteiger partial charge in [0.25, 0.3) is 0 Å². The molecule has 2 rings (SSSR count). The number of carbonyl (C=O) groups excluding carboxylic acids is 2. The van der Waals surface area contributed by atoms with Gasteiger partial charge in [-0.25, -0.2) is 4.79 Å². The first-order valence-corrected chi connectivity index (χ1v) is 10.4. The fourth-order valence-electron chi connectivity index (χ4n) is 3.34. The van der Waals surface area contributed by atoms with Crippen molar-refractivity contribution in [2.75, 3.05) is 13.6 Å². The Kier molecular flexibility index (Phi) is 7.85. The van der Waals surface area contributed by atoms with Crippen LogP contribution in [0.4, 0.5) is 4.79 Å². The highest BCUT2D eigenvalue weighted by Gasteiger charge is 2.22. The third-order valence-corrected chi connectivity index (χ3v) is 4.81. The Labute approximate surface area is 184 Å². The van der Waals surface area contributed by atoms with Gasteiger partial charge < -0.3 is 19.5 Å². The molecular formula is C25H33NO5. The summed E-state index contributed by atoms with van der Waals surface area (Å²) in [6, 6.07) is 10.7. The number of carbonyl (C=O) groups is 2. The van der Waals surface area contributed by atoms with E-state index in [1.807, 2.05) is 20.8 Å². The number of ether oxygens (including phenoxy) is 2. The molecule has 0 aliphatic rings. The predicted molar refractivity (Wildman–Crippen MR) is 120 cm³/mol. The number of likely N-dealkylation sites (N-methyl/N-ethyl adjacent to an activating group) is 1. The van der Waals surface area contributed by atoms with Crippen molar-refractivity contribution in [1.82, 2.24) is 4.90 Å². The zero-order valence-corrected chi connectivity index (χ0v) is 19.5. The van der Waals surface area contributed by atoms with Gasteiger partial charge in [0.1, 0.15) is 11.4 Å². The Morgan fingerprint density at radius 3 is 2.10 bits per heavy atom. The Hall–Kier alpha value is -2.86. The highest BCUT2D eigenvalue weighted by Crippen LogP contribution is 2.21. The van der Waals surface area contributed by atoms with E-state index in [0.717, 1.165) is 16.7 Å². The highest BCUT2D eigenvalue weighted by atomic mass is 16.6. The van der Waals surface area contributed by atoms with Crippen molar-refractivity contribution < 1.29 is 24.2 Å². The summed E-state index contributed by atoms with van der Waals surface area (Å²) in [7, 11) is 1.57. The molecule has 6 nitrogen and oxygen atoms in total. The second kappa shape index (κ2) is 9.96. The number of amides is 1. The van der Waals surface area contributed by atoms with Crippen molar-refractivity contribution in [3.63, 3.8) is 0 Å². The maximum absolute atomic E-state index is 12.4. The number of aliphatic hydroxyl groups is 1. The van der Waals surface area contributed by atoms with Crippen molar-refractivity contribution in [2.45, 2.75) is 59.7 Å². The van der Waals surface area contributed by atoms with Gasteiger partial charge in [0.15, 0.2) is 0 Å². The van der Waals surface area contributed by atoms with Gasteiger partial charge >= 0.3 is 12.1 Å². The van der Waals surface area contributed by atoms with Crippen LogP contribution in [0.3, 0.4) is 0 Å². The second-order valence-corrected chi connectivity index (χ2v) is 8.97. The molecular weight excluding hydrogens is 394 g/mol. The van der Waals surface area contributed by atoms with E-state index in [0.29, 0.717) is 11.3 Å². The summed E-state index contributed by atoms with van der Waals surface area (Å²) in [5, 5.41) is 10.4. The molecule has 1 amide bonds. The number of aryl methyl sites for hydroxylation is 3. The molecule has 0 fully saturated rings. The molecule has 0 bridgehead atoms. The summed E-state index contributed by atoms with van der Waals surface area (Å²) in [4.78, 5) is 25.8. The van der Waals surface area contributed by atoms with Crippen LogP contribution >= 0.6 is 0 Å². The van der Waals surface area contributed by atoms with E-state index in [2.05, 4.69) is 12.1 Å². The lowest BCUT2D eigenvalue weighted by atomic mass is 9.97. The van der Waals surface area contributed by atoms with E-state index < -0.39 is 17.8 Å². The van der Waals surface area contributed by atoms with Crippen LogP contribution in [0.1, 0.15) is 54.7 Å². The molecule has 0 heterocycles. The Morgan fingerprint density at radius 1 is 1.03 bits per heavy atom. The van der Waals surface area contributed by atoms with Gasteiger partial charge in [-0.1, -0.05) is 29.8 Å². The van der Waals surface area contributed by atoms with Crippen LogP contribution in [0.25, 0.3) is 0 Å². The first-order valence-electron chi connectivity index (χ1n) is 10.4. The zero-order valence-electron chi connectivity index (χ0n) is 19.5. The number of esters is 1. The lowest BCUT2D eigenvalue weighted by Crippen LogP contribution is -2.36. The lowest BCUT2D eigenvalue weighted by Gasteiger charge is -2.26. The molecule has 0 radical (unpaired) electrons. The minimum absolute atomic E-state index is 0.0834. The van der Waals surface area contributed by atoms with Crippen LogP contribution in [0.5, 0.6) is 5.75 Å². The number of hydrogen-bond acceptors (Lipinski definition) is 5. The van der Waals surface area contributed by atoms with Gasteiger partial charge in [-0.3, -0.25) is 4.79 Å². The van der Waals surface area contributed by atoms with E-state index in [9.17, 15) is 14.7 Å². The summed E-state index contributed by atoms with van der Waals surface area (Å²) in [6.07, 6.45) is -1.19. The number of benzene rings is 2. The molecule has 168 valence electrons. The van der Waals surface area contributed by atoms with Gasteiger partial charge in [-0.05, 0) is 75.9 Å². The Bertz CT molecular complexity index is 905. The molecule has 0 saturated heterocycles. The van der Waals surface area contributed by atoms with Crippen LogP contribution in [0.2, 0.25) is 0 Å². The largest absolute Gasteiger partial charge is 0.444 e. The molecule has 1 atom stereocenters. The van der Waals surface area contributed by atoms with Gasteiger partial charge in [0, 0.05) is 7.05 Å². The monoisotopic (exact) mass is 427 g/mol. The summed E-state index contributed by atoms with van der Waals surface area (Å²) in [5.41, 5.74) is 4.30. The van der Waals surface area contributed by atoms with Crippen LogP contribution in [0, 0.1) is 20.8 Å². The molecule has 0 spiro atoms. The van der Waals surface area contributed by atoms with Crippen LogP contribution in [-0.4, -0.2) is 41.3 Å². The summed E-state index contributed by atoms with van der Waals surface area (Å²) < 4.78 is 10.8. The first kappa shape index (κ1) is 24.4. The minimum Gasteiger partial charge on any atom is -0.444 e. The quantitative estimate of drug-likeness (QED) is 0.536. The maximum atomic E-state index is 12.4. The highest BCUT2D eigenvalue weighted by molar-refractivity contribution is 5.76. The van der Waals surface area contributed by atoms with Crippen LogP contribution in [-0.2, 0) is 16.0 Å². The van der Waals surface area contributed by atoms with Crippen LogP contribution in [0.15, 0.2) is 36.4 Å². The molecule has 1 unspecified atom stereocenters. The number of nitrogens with zero attached hydrogens (tertiary/aromatic N) is 1. The predicted octanol–water partition coefficient (Wildman–Crippen LogP) is 4.66. The lowest BCUT2D eigenvalue weighted by molar-refractivity contribution is -0.133. The number of rotatable bonds is 6. The van der Waals surface area contributed by atoms with E-state index in [-0.39, 0.29) is 18.9 Å². The second-order valence-electron chi connectivity index (χ2n) is 8.97. The molecule has 0 aromatic heterocycles. The average Bonchev–Trinajstić information content (AvgIpc) is 2.63. The van der Waals surface area contributed by atoms with E-state index in [4.69, 9.17) is 9.47 Å². The molecule has 2 aromatic rings. The average molecular weight is 428 g/mol. The maximum Gasteiger partial charge on any atom is 0.410 e. The molecule has 1 N–H and O–H groups in total. The number of aliphatic hydroxyl groups excluding tert-OH is 1. The van der Waals surface area contributed by atoms with E-state index in [1.165, 1.54) is 10.5 Å². The topological polar surface area (TPSA) is 76.1 Å². The van der Waals surface area contributed by atoms with Gasteiger partial charge in [0.05, 0.1) is 19.1 Å². The fraction of sp³-hybridized carbons (Fsp3) is 0.440. The van der Waals surface area contributed by atoms with Crippen molar-refractivity contribution in [1.29, 1.82) is 0 Å². The first-order chi connectivity index (χ1) is 14.4. The van der Waals surface area contributed by atoms with E-state index in [1.54, 1.807) is 52.1 Å². The summed E-state index contributed by atoms with van der Waals surface area (Å²) >= 11 is 0. The van der Waals surface area contributed by atoms with Crippen molar-refractivity contribution in [2.24, 2.45) is 0 Å². The Morgan fingerprint density at radius 2 is 1.58 bits per heavy atom. The Balaban J connectivity index is 1.95. The van der Waals surface area contributed by atoms with Gasteiger partial charge in [-0.2, -0.15) is 0 Å². The molecule has 2 aromatic carbocycles. The summed E-state index contributed by atoms with van der Waals surface area (Å²) in [6.45, 7) is 11.5. The van der Waals surface area contributed by atoms with Crippen LogP contribution < -0.4 is 4.74 Å². The molecule has 31 heavy (non-hydrogen) atoms. The standard InChI is InChI=1S/C25H33NO5/c1-16-12-17(2)21(18(3)13-16)14-23(28)30-20-10-8-19(9-11-20)22(27)15-26(7)24(29)31-25(4,5)6/h8-13,22,27H,14-15H2,1-7H3. The van der Waals surface area contributed by atoms with Crippen molar-refractivity contribution in [3.05, 3.63) is 64.2 Å². The third-order valence-electron chi connectivity index (χ3n) is 4.81.